The molecule has 0 saturated carbocycles. The first-order valence-corrected chi connectivity index (χ1v) is 5.13. The molecular weight excluding hydrogens is 208 g/mol. The minimum Gasteiger partial charge on any atom is -0.508 e. The van der Waals surface area contributed by atoms with Gasteiger partial charge in [0.05, 0.1) is 6.61 Å². The number of nitrogens with zero attached hydrogens (tertiary/aromatic N) is 1. The molecule has 0 spiro atoms. The van der Waals surface area contributed by atoms with Crippen molar-refractivity contribution in [2.75, 3.05) is 25.0 Å². The van der Waals surface area contributed by atoms with Gasteiger partial charge in [0.15, 0.2) is 0 Å². The van der Waals surface area contributed by atoms with Crippen LogP contribution in [0.3, 0.4) is 0 Å². The van der Waals surface area contributed by atoms with E-state index >= 15 is 0 Å². The van der Waals surface area contributed by atoms with E-state index in [0.717, 1.165) is 0 Å². The van der Waals surface area contributed by atoms with Crippen LogP contribution in [0.25, 0.3) is 0 Å². The number of phenolic OH excluding ortho intramolecular Hbond substituents is 1. The first-order valence-electron chi connectivity index (χ1n) is 5.13. The highest BCUT2D eigenvalue weighted by atomic mass is 16.3. The number of phenols is 1. The molecule has 2 amide bonds. The number of aliphatic hydroxyl groups excluding tert-OH is 1. The standard InChI is InChI=1S/C11H16N2O3/c1-2-13(6-7-14)11(16)12-9-4-3-5-10(15)8-9/h3-5,8,14-15H,2,6-7H2,1H3,(H,12,16). The minimum absolute atomic E-state index is 0.0682. The second-order valence-corrected chi connectivity index (χ2v) is 3.28. The summed E-state index contributed by atoms with van der Waals surface area (Å²) in [6.45, 7) is 2.57. The van der Waals surface area contributed by atoms with Crippen LogP contribution in [-0.4, -0.2) is 40.8 Å². The number of amides is 2. The maximum Gasteiger partial charge on any atom is 0.321 e. The molecule has 5 heteroatoms. The van der Waals surface area contributed by atoms with E-state index < -0.39 is 0 Å². The van der Waals surface area contributed by atoms with Crippen LogP contribution in [0, 0.1) is 0 Å². The van der Waals surface area contributed by atoms with Crippen LogP contribution in [0.5, 0.6) is 5.75 Å². The number of aromatic hydroxyl groups is 1. The van der Waals surface area contributed by atoms with Gasteiger partial charge in [0.25, 0.3) is 0 Å². The monoisotopic (exact) mass is 224 g/mol. The summed E-state index contributed by atoms with van der Waals surface area (Å²) in [4.78, 5) is 13.1. The summed E-state index contributed by atoms with van der Waals surface area (Å²) in [7, 11) is 0. The van der Waals surface area contributed by atoms with Crippen LogP contribution >= 0.6 is 0 Å². The van der Waals surface area contributed by atoms with Gasteiger partial charge in [0.2, 0.25) is 0 Å². The number of carbonyl (C=O) groups excluding carboxylic acids is 1. The van der Waals surface area contributed by atoms with Gasteiger partial charge >= 0.3 is 6.03 Å². The van der Waals surface area contributed by atoms with Gasteiger partial charge in [0.1, 0.15) is 5.75 Å². The molecule has 1 aromatic rings. The fraction of sp³-hybridized carbons (Fsp3) is 0.364. The molecule has 5 nitrogen and oxygen atoms in total. The van der Waals surface area contributed by atoms with Crippen molar-refractivity contribution in [1.29, 1.82) is 0 Å². The Balaban J connectivity index is 2.62. The van der Waals surface area contributed by atoms with Crippen molar-refractivity contribution in [2.45, 2.75) is 6.92 Å². The molecule has 0 saturated heterocycles. The van der Waals surface area contributed by atoms with E-state index in [4.69, 9.17) is 5.11 Å². The van der Waals surface area contributed by atoms with Crippen LogP contribution in [0.4, 0.5) is 10.5 Å². The zero-order chi connectivity index (χ0) is 12.0. The van der Waals surface area contributed by atoms with Gasteiger partial charge in [-0.1, -0.05) is 6.07 Å². The predicted molar refractivity (Wildman–Crippen MR) is 61.5 cm³/mol. The van der Waals surface area contributed by atoms with Crippen LogP contribution in [0.1, 0.15) is 6.92 Å². The summed E-state index contributed by atoms with van der Waals surface area (Å²) < 4.78 is 0. The van der Waals surface area contributed by atoms with Gasteiger partial charge in [-0.3, -0.25) is 0 Å². The first kappa shape index (κ1) is 12.3. The molecule has 0 aliphatic carbocycles. The van der Waals surface area contributed by atoms with Crippen molar-refractivity contribution in [3.05, 3.63) is 24.3 Å². The number of carbonyl (C=O) groups is 1. The van der Waals surface area contributed by atoms with Gasteiger partial charge < -0.3 is 20.4 Å². The molecule has 0 aliphatic heterocycles. The quantitative estimate of drug-likeness (QED) is 0.720. The molecule has 16 heavy (non-hydrogen) atoms. The average Bonchev–Trinajstić information content (AvgIpc) is 2.25. The Labute approximate surface area is 94.3 Å². The second kappa shape index (κ2) is 5.97. The third-order valence-electron chi connectivity index (χ3n) is 2.14. The second-order valence-electron chi connectivity index (χ2n) is 3.28. The highest BCUT2D eigenvalue weighted by Crippen LogP contribution is 2.15. The van der Waals surface area contributed by atoms with Crippen LogP contribution in [0.2, 0.25) is 0 Å². The molecule has 0 aliphatic rings. The van der Waals surface area contributed by atoms with Crippen LogP contribution < -0.4 is 5.32 Å². The van der Waals surface area contributed by atoms with E-state index in [2.05, 4.69) is 5.32 Å². The Morgan fingerprint density at radius 3 is 2.81 bits per heavy atom. The number of rotatable bonds is 4. The molecule has 3 N–H and O–H groups in total. The van der Waals surface area contributed by atoms with E-state index in [1.54, 1.807) is 12.1 Å². The van der Waals surface area contributed by atoms with E-state index in [0.29, 0.717) is 18.8 Å². The maximum atomic E-state index is 11.7. The molecule has 0 unspecified atom stereocenters. The summed E-state index contributed by atoms with van der Waals surface area (Å²) in [5.41, 5.74) is 0.529. The average molecular weight is 224 g/mol. The van der Waals surface area contributed by atoms with Crippen LogP contribution in [-0.2, 0) is 0 Å². The highest BCUT2D eigenvalue weighted by Gasteiger charge is 2.10. The first-order chi connectivity index (χ1) is 7.67. The molecule has 1 aromatic carbocycles. The topological polar surface area (TPSA) is 72.8 Å². The molecule has 0 bridgehead atoms. The van der Waals surface area contributed by atoms with Crippen molar-refractivity contribution in [3.8, 4) is 5.75 Å². The molecular formula is C11H16N2O3. The number of aliphatic hydroxyl groups is 1. The predicted octanol–water partition coefficient (Wildman–Crippen LogP) is 1.24. The van der Waals surface area contributed by atoms with E-state index in [1.165, 1.54) is 17.0 Å². The van der Waals surface area contributed by atoms with Gasteiger partial charge in [-0.05, 0) is 19.1 Å². The SMILES string of the molecule is CCN(CCO)C(=O)Nc1cccc(O)c1. The summed E-state index contributed by atoms with van der Waals surface area (Å²) >= 11 is 0. The lowest BCUT2D eigenvalue weighted by atomic mass is 10.3. The van der Waals surface area contributed by atoms with Gasteiger partial charge in [-0.15, -0.1) is 0 Å². The lowest BCUT2D eigenvalue weighted by Gasteiger charge is -2.20. The molecule has 0 fully saturated rings. The Morgan fingerprint density at radius 2 is 2.25 bits per heavy atom. The zero-order valence-corrected chi connectivity index (χ0v) is 9.18. The van der Waals surface area contributed by atoms with E-state index in [1.807, 2.05) is 6.92 Å². The largest absolute Gasteiger partial charge is 0.508 e. The van der Waals surface area contributed by atoms with Gasteiger partial charge in [-0.2, -0.15) is 0 Å². The number of urea groups is 1. The number of nitrogens with one attached hydrogen (secondary N) is 1. The molecule has 1 rings (SSSR count). The normalized spacial score (nSPS) is 9.88. The highest BCUT2D eigenvalue weighted by molar-refractivity contribution is 5.89. The summed E-state index contributed by atoms with van der Waals surface area (Å²) in [6, 6.07) is 6.03. The fourth-order valence-electron chi connectivity index (χ4n) is 1.31. The summed E-state index contributed by atoms with van der Waals surface area (Å²) in [6.07, 6.45) is 0. The lowest BCUT2D eigenvalue weighted by molar-refractivity contribution is 0.192. The third-order valence-corrected chi connectivity index (χ3v) is 2.14. The number of likely N-dealkylation sites (N-methyl/N-ethyl adjacent to an activating group) is 1. The molecule has 88 valence electrons. The molecule has 0 heterocycles. The van der Waals surface area contributed by atoms with Crippen molar-refractivity contribution in [3.63, 3.8) is 0 Å². The van der Waals surface area contributed by atoms with Crippen molar-refractivity contribution in [2.24, 2.45) is 0 Å². The lowest BCUT2D eigenvalue weighted by Crippen LogP contribution is -2.36. The Kier molecular flexibility index (Phi) is 4.60. The van der Waals surface area contributed by atoms with Crippen molar-refractivity contribution >= 4 is 11.7 Å². The number of benzene rings is 1. The van der Waals surface area contributed by atoms with Crippen molar-refractivity contribution in [1.82, 2.24) is 4.90 Å². The van der Waals surface area contributed by atoms with Gasteiger partial charge in [-0.25, -0.2) is 4.79 Å². The van der Waals surface area contributed by atoms with Crippen LogP contribution in [0.15, 0.2) is 24.3 Å². The number of hydrogen-bond donors (Lipinski definition) is 3. The zero-order valence-electron chi connectivity index (χ0n) is 9.18. The molecule has 0 atom stereocenters. The Hall–Kier alpha value is -1.75. The maximum absolute atomic E-state index is 11.7. The Morgan fingerprint density at radius 1 is 1.50 bits per heavy atom. The smallest absolute Gasteiger partial charge is 0.321 e. The minimum atomic E-state index is -0.290. The van der Waals surface area contributed by atoms with Gasteiger partial charge in [0, 0.05) is 24.8 Å². The molecule has 0 radical (unpaired) electrons. The summed E-state index contributed by atoms with van der Waals surface area (Å²) in [5.74, 6) is 0.100. The molecule has 0 aromatic heterocycles. The fourth-order valence-corrected chi connectivity index (χ4v) is 1.31. The Bertz CT molecular complexity index is 355. The van der Waals surface area contributed by atoms with E-state index in [-0.39, 0.29) is 18.4 Å². The third kappa shape index (κ3) is 3.43. The van der Waals surface area contributed by atoms with E-state index in [9.17, 15) is 9.90 Å². The van der Waals surface area contributed by atoms with Crippen molar-refractivity contribution < 1.29 is 15.0 Å². The number of hydrogen-bond acceptors (Lipinski definition) is 3. The number of anilines is 1. The summed E-state index contributed by atoms with van der Waals surface area (Å²) in [5, 5.41) is 20.6.